The number of carbonyl (C=O) groups is 1. The van der Waals surface area contributed by atoms with Gasteiger partial charge >= 0.3 is 6.03 Å². The highest BCUT2D eigenvalue weighted by Gasteiger charge is 2.22. The third-order valence-corrected chi connectivity index (χ3v) is 3.70. The van der Waals surface area contributed by atoms with Gasteiger partial charge in [-0.3, -0.25) is 0 Å². The number of urea groups is 1. The molecule has 1 unspecified atom stereocenters. The summed E-state index contributed by atoms with van der Waals surface area (Å²) in [6.45, 7) is 0.687. The van der Waals surface area contributed by atoms with Crippen molar-refractivity contribution in [2.75, 3.05) is 13.7 Å². The van der Waals surface area contributed by atoms with Crippen LogP contribution in [0.2, 0.25) is 0 Å². The normalized spacial score (nSPS) is 17.8. The molecule has 2 aromatic rings. The maximum Gasteiger partial charge on any atom is 0.315 e. The molecule has 1 atom stereocenters. The summed E-state index contributed by atoms with van der Waals surface area (Å²) in [7, 11) is 1.63. The molecule has 2 N–H and O–H groups in total. The van der Waals surface area contributed by atoms with Crippen LogP contribution >= 0.6 is 0 Å². The van der Waals surface area contributed by atoms with Gasteiger partial charge in [0.15, 0.2) is 0 Å². The van der Waals surface area contributed by atoms with Crippen LogP contribution in [-0.2, 0) is 0 Å². The number of benzene rings is 2. The largest absolute Gasteiger partial charge is 0.493 e. The Balaban J connectivity index is 2.07. The van der Waals surface area contributed by atoms with E-state index in [1.807, 2.05) is 12.1 Å². The van der Waals surface area contributed by atoms with Crippen molar-refractivity contribution in [2.45, 2.75) is 18.9 Å². The van der Waals surface area contributed by atoms with E-state index in [1.54, 1.807) is 7.05 Å². The maximum atomic E-state index is 11.6. The second kappa shape index (κ2) is 5.41. The summed E-state index contributed by atoms with van der Waals surface area (Å²) in [4.78, 5) is 11.6. The molecule has 1 heterocycles. The Hall–Kier alpha value is -2.23. The molecular formula is C16H18N2O2. The van der Waals surface area contributed by atoms with Crippen LogP contribution in [0.5, 0.6) is 5.75 Å². The molecule has 1 aliphatic rings. The van der Waals surface area contributed by atoms with E-state index in [2.05, 4.69) is 34.9 Å². The van der Waals surface area contributed by atoms with Crippen molar-refractivity contribution in [2.24, 2.45) is 0 Å². The molecule has 0 saturated heterocycles. The molecule has 104 valence electrons. The Morgan fingerprint density at radius 3 is 2.95 bits per heavy atom. The van der Waals surface area contributed by atoms with Crippen molar-refractivity contribution in [3.05, 3.63) is 42.0 Å². The molecule has 0 bridgehead atoms. The van der Waals surface area contributed by atoms with Crippen LogP contribution in [0.4, 0.5) is 4.79 Å². The first-order valence-corrected chi connectivity index (χ1v) is 6.92. The highest BCUT2D eigenvalue weighted by atomic mass is 16.5. The smallest absolute Gasteiger partial charge is 0.315 e. The molecule has 0 spiro atoms. The van der Waals surface area contributed by atoms with Crippen LogP contribution in [0.3, 0.4) is 0 Å². The van der Waals surface area contributed by atoms with E-state index in [9.17, 15) is 4.79 Å². The van der Waals surface area contributed by atoms with Gasteiger partial charge in [-0.25, -0.2) is 4.79 Å². The fourth-order valence-corrected chi connectivity index (χ4v) is 2.69. The van der Waals surface area contributed by atoms with Crippen LogP contribution in [0.15, 0.2) is 36.4 Å². The third-order valence-electron chi connectivity index (χ3n) is 3.70. The van der Waals surface area contributed by atoms with E-state index < -0.39 is 0 Å². The minimum absolute atomic E-state index is 0.00273. The standard InChI is InChI=1S/C16H18N2O2/c1-17-16(19)18-14-7-4-10-20-15-12-6-3-2-5-11(12)8-9-13(14)15/h2-3,5-6,8-9,14H,4,7,10H2,1H3,(H2,17,18,19). The zero-order chi connectivity index (χ0) is 13.9. The van der Waals surface area contributed by atoms with E-state index in [1.165, 1.54) is 0 Å². The van der Waals surface area contributed by atoms with Gasteiger partial charge in [-0.15, -0.1) is 0 Å². The minimum atomic E-state index is -0.156. The highest BCUT2D eigenvalue weighted by Crippen LogP contribution is 2.37. The molecule has 0 aromatic heterocycles. The van der Waals surface area contributed by atoms with E-state index in [0.717, 1.165) is 34.9 Å². The molecule has 3 rings (SSSR count). The second-order valence-electron chi connectivity index (χ2n) is 4.97. The number of carbonyl (C=O) groups excluding carboxylic acids is 1. The van der Waals surface area contributed by atoms with Gasteiger partial charge in [0.2, 0.25) is 0 Å². The summed E-state index contributed by atoms with van der Waals surface area (Å²) in [6.07, 6.45) is 1.82. The number of amides is 2. The monoisotopic (exact) mass is 270 g/mol. The van der Waals surface area contributed by atoms with Crippen molar-refractivity contribution in [3.8, 4) is 5.75 Å². The third kappa shape index (κ3) is 2.29. The number of hydrogen-bond donors (Lipinski definition) is 2. The number of nitrogens with one attached hydrogen (secondary N) is 2. The Morgan fingerprint density at radius 1 is 1.25 bits per heavy atom. The zero-order valence-electron chi connectivity index (χ0n) is 11.5. The van der Waals surface area contributed by atoms with Crippen molar-refractivity contribution >= 4 is 16.8 Å². The summed E-state index contributed by atoms with van der Waals surface area (Å²) in [5.74, 6) is 0.905. The van der Waals surface area contributed by atoms with Gasteiger partial charge in [-0.1, -0.05) is 36.4 Å². The van der Waals surface area contributed by atoms with Crippen molar-refractivity contribution in [3.63, 3.8) is 0 Å². The molecular weight excluding hydrogens is 252 g/mol. The van der Waals surface area contributed by atoms with E-state index in [-0.39, 0.29) is 12.1 Å². The summed E-state index contributed by atoms with van der Waals surface area (Å²) in [6, 6.07) is 12.2. The second-order valence-corrected chi connectivity index (χ2v) is 4.97. The van der Waals surface area contributed by atoms with E-state index >= 15 is 0 Å². The lowest BCUT2D eigenvalue weighted by Crippen LogP contribution is -2.35. The van der Waals surface area contributed by atoms with Gasteiger partial charge < -0.3 is 15.4 Å². The Bertz CT molecular complexity index is 639. The molecule has 2 aromatic carbocycles. The summed E-state index contributed by atoms with van der Waals surface area (Å²) < 4.78 is 5.94. The molecule has 0 saturated carbocycles. The first-order valence-electron chi connectivity index (χ1n) is 6.92. The quantitative estimate of drug-likeness (QED) is 0.837. The van der Waals surface area contributed by atoms with Gasteiger partial charge in [-0.2, -0.15) is 0 Å². The molecule has 2 amide bonds. The molecule has 0 fully saturated rings. The average Bonchev–Trinajstić information content (AvgIpc) is 2.69. The van der Waals surface area contributed by atoms with Gasteiger partial charge in [0.1, 0.15) is 5.75 Å². The Labute approximate surface area is 118 Å². The SMILES string of the molecule is CNC(=O)NC1CCCOc2c1ccc1ccccc21. The molecule has 20 heavy (non-hydrogen) atoms. The summed E-state index contributed by atoms with van der Waals surface area (Å²) in [5.41, 5.74) is 1.06. The topological polar surface area (TPSA) is 50.4 Å². The highest BCUT2D eigenvalue weighted by molar-refractivity contribution is 5.90. The van der Waals surface area contributed by atoms with Crippen LogP contribution in [0.25, 0.3) is 10.8 Å². The number of hydrogen-bond acceptors (Lipinski definition) is 2. The lowest BCUT2D eigenvalue weighted by molar-refractivity contribution is 0.238. The van der Waals surface area contributed by atoms with Gasteiger partial charge in [-0.05, 0) is 18.2 Å². The van der Waals surface area contributed by atoms with Crippen molar-refractivity contribution in [1.29, 1.82) is 0 Å². The van der Waals surface area contributed by atoms with Crippen LogP contribution in [-0.4, -0.2) is 19.7 Å². The minimum Gasteiger partial charge on any atom is -0.493 e. The predicted molar refractivity (Wildman–Crippen MR) is 79.0 cm³/mol. The zero-order valence-corrected chi connectivity index (χ0v) is 11.5. The molecule has 4 heteroatoms. The first-order chi connectivity index (χ1) is 9.79. The van der Waals surface area contributed by atoms with Crippen molar-refractivity contribution in [1.82, 2.24) is 10.6 Å². The van der Waals surface area contributed by atoms with Crippen LogP contribution < -0.4 is 15.4 Å². The van der Waals surface area contributed by atoms with Gasteiger partial charge in [0.05, 0.1) is 12.6 Å². The van der Waals surface area contributed by atoms with Crippen LogP contribution in [0.1, 0.15) is 24.4 Å². The molecule has 4 nitrogen and oxygen atoms in total. The summed E-state index contributed by atoms with van der Waals surface area (Å²) in [5, 5.41) is 7.88. The fourth-order valence-electron chi connectivity index (χ4n) is 2.69. The van der Waals surface area contributed by atoms with Crippen molar-refractivity contribution < 1.29 is 9.53 Å². The Morgan fingerprint density at radius 2 is 2.10 bits per heavy atom. The molecule has 0 aliphatic carbocycles. The summed E-state index contributed by atoms with van der Waals surface area (Å²) >= 11 is 0. The molecule has 1 aliphatic heterocycles. The lowest BCUT2D eigenvalue weighted by atomic mass is 9.98. The number of rotatable bonds is 1. The Kier molecular flexibility index (Phi) is 3.46. The first kappa shape index (κ1) is 12.8. The number of fused-ring (bicyclic) bond motifs is 3. The van der Waals surface area contributed by atoms with Crippen LogP contribution in [0, 0.1) is 0 Å². The van der Waals surface area contributed by atoms with Gasteiger partial charge in [0.25, 0.3) is 0 Å². The fraction of sp³-hybridized carbons (Fsp3) is 0.312. The average molecular weight is 270 g/mol. The van der Waals surface area contributed by atoms with E-state index in [0.29, 0.717) is 6.61 Å². The number of ether oxygens (including phenoxy) is 1. The van der Waals surface area contributed by atoms with Gasteiger partial charge in [0, 0.05) is 18.0 Å². The molecule has 0 radical (unpaired) electrons. The lowest BCUT2D eigenvalue weighted by Gasteiger charge is -2.19. The predicted octanol–water partition coefficient (Wildman–Crippen LogP) is 2.98. The maximum absolute atomic E-state index is 11.6. The van der Waals surface area contributed by atoms with E-state index in [4.69, 9.17) is 4.74 Å².